The third-order valence-electron chi connectivity index (χ3n) is 3.23. The lowest BCUT2D eigenvalue weighted by molar-refractivity contribution is 0.585. The number of rotatable bonds is 4. The lowest BCUT2D eigenvalue weighted by Gasteiger charge is -2.09. The number of nitrogens with zero attached hydrogens (tertiary/aromatic N) is 3. The zero-order valence-corrected chi connectivity index (χ0v) is 15.0. The van der Waals surface area contributed by atoms with Gasteiger partial charge in [0.1, 0.15) is 12.1 Å². The molecule has 2 N–H and O–H groups in total. The second kappa shape index (κ2) is 7.77. The van der Waals surface area contributed by atoms with Crippen molar-refractivity contribution in [3.8, 4) is 0 Å². The zero-order valence-electron chi connectivity index (χ0n) is 12.7. The van der Waals surface area contributed by atoms with Crippen molar-refractivity contribution in [2.24, 2.45) is 0 Å². The average Bonchev–Trinajstić information content (AvgIpc) is 2.99. The fraction of sp³-hybridized carbons (Fsp3) is 0.0625. The van der Waals surface area contributed by atoms with Crippen LogP contribution in [0.5, 0.6) is 0 Å². The largest absolute Gasteiger partial charge is 0.331 e. The molecule has 0 amide bonds. The van der Waals surface area contributed by atoms with Gasteiger partial charge in [0.05, 0.1) is 17.3 Å². The summed E-state index contributed by atoms with van der Waals surface area (Å²) in [6, 6.07) is 11.5. The molecule has 25 heavy (non-hydrogen) atoms. The molecule has 0 saturated heterocycles. The molecular formula is C16H12Cl2FN5S. The predicted octanol–water partition coefficient (Wildman–Crippen LogP) is 4.58. The molecule has 0 fully saturated rings. The van der Waals surface area contributed by atoms with Gasteiger partial charge in [-0.25, -0.2) is 14.1 Å². The van der Waals surface area contributed by atoms with Crippen molar-refractivity contribution >= 4 is 52.2 Å². The topological polar surface area (TPSA) is 54.8 Å². The highest BCUT2D eigenvalue weighted by molar-refractivity contribution is 7.80. The number of nitrogens with one attached hydrogen (secondary N) is 2. The van der Waals surface area contributed by atoms with Crippen LogP contribution in [0.25, 0.3) is 0 Å². The Bertz CT molecular complexity index is 915. The van der Waals surface area contributed by atoms with Gasteiger partial charge in [-0.2, -0.15) is 0 Å². The van der Waals surface area contributed by atoms with E-state index in [4.69, 9.17) is 35.4 Å². The highest BCUT2D eigenvalue weighted by Gasteiger charge is 2.08. The first kappa shape index (κ1) is 17.6. The fourth-order valence-corrected chi connectivity index (χ4v) is 2.73. The van der Waals surface area contributed by atoms with Crippen LogP contribution < -0.4 is 10.6 Å². The number of thiocarbonyl (C=S) groups is 1. The van der Waals surface area contributed by atoms with Crippen LogP contribution in [0.1, 0.15) is 5.56 Å². The minimum atomic E-state index is -0.290. The second-order valence-electron chi connectivity index (χ2n) is 5.06. The molecule has 0 aliphatic heterocycles. The summed E-state index contributed by atoms with van der Waals surface area (Å²) < 4.78 is 15.2. The number of aromatic nitrogens is 3. The molecule has 2 aromatic carbocycles. The number of halogens is 3. The summed E-state index contributed by atoms with van der Waals surface area (Å²) in [5.74, 6) is 0.000928. The summed E-state index contributed by atoms with van der Waals surface area (Å²) in [6.45, 7) is 0.268. The van der Waals surface area contributed by atoms with Crippen LogP contribution in [-0.2, 0) is 6.54 Å². The summed E-state index contributed by atoms with van der Waals surface area (Å²) in [4.78, 5) is 4.10. The molecule has 3 aromatic rings. The maximum Gasteiger partial charge on any atom is 0.248 e. The van der Waals surface area contributed by atoms with Gasteiger partial charge in [-0.05, 0) is 36.5 Å². The minimum absolute atomic E-state index is 0.268. The SMILES string of the molecule is Fc1ccccc1Cn1cnc(NC(=S)Nc2ccc(Cl)cc2Cl)n1. The van der Waals surface area contributed by atoms with Gasteiger partial charge in [0, 0.05) is 10.6 Å². The Hall–Kier alpha value is -2.22. The highest BCUT2D eigenvalue weighted by Crippen LogP contribution is 2.25. The molecule has 0 saturated carbocycles. The van der Waals surface area contributed by atoms with Crippen molar-refractivity contribution in [3.63, 3.8) is 0 Å². The molecule has 128 valence electrons. The predicted molar refractivity (Wildman–Crippen MR) is 102 cm³/mol. The normalized spacial score (nSPS) is 10.5. The molecule has 0 unspecified atom stereocenters. The monoisotopic (exact) mass is 395 g/mol. The molecule has 3 rings (SSSR count). The summed E-state index contributed by atoms with van der Waals surface area (Å²) in [5.41, 5.74) is 1.13. The molecule has 9 heteroatoms. The second-order valence-corrected chi connectivity index (χ2v) is 6.31. The summed E-state index contributed by atoms with van der Waals surface area (Å²) >= 11 is 17.1. The first-order valence-electron chi connectivity index (χ1n) is 7.17. The Morgan fingerprint density at radius 3 is 2.72 bits per heavy atom. The van der Waals surface area contributed by atoms with E-state index in [0.29, 0.717) is 27.2 Å². The number of hydrogen-bond donors (Lipinski definition) is 2. The van der Waals surface area contributed by atoms with E-state index in [-0.39, 0.29) is 17.5 Å². The van der Waals surface area contributed by atoms with E-state index in [1.165, 1.54) is 17.1 Å². The quantitative estimate of drug-likeness (QED) is 0.633. The van der Waals surface area contributed by atoms with Gasteiger partial charge in [-0.15, -0.1) is 5.10 Å². The maximum absolute atomic E-state index is 13.7. The molecule has 0 spiro atoms. The molecule has 0 bridgehead atoms. The lowest BCUT2D eigenvalue weighted by Crippen LogP contribution is -2.20. The van der Waals surface area contributed by atoms with Gasteiger partial charge in [-0.1, -0.05) is 41.4 Å². The van der Waals surface area contributed by atoms with Crippen LogP contribution in [-0.4, -0.2) is 19.9 Å². The van der Waals surface area contributed by atoms with Gasteiger partial charge in [-0.3, -0.25) is 5.32 Å². The molecular weight excluding hydrogens is 384 g/mol. The van der Waals surface area contributed by atoms with Crippen molar-refractivity contribution in [3.05, 3.63) is 70.2 Å². The van der Waals surface area contributed by atoms with Gasteiger partial charge < -0.3 is 5.32 Å². The van der Waals surface area contributed by atoms with Crippen LogP contribution in [0.2, 0.25) is 10.0 Å². The van der Waals surface area contributed by atoms with E-state index in [0.717, 1.165) is 0 Å². The van der Waals surface area contributed by atoms with Crippen LogP contribution in [0.4, 0.5) is 16.0 Å². The van der Waals surface area contributed by atoms with E-state index in [1.54, 1.807) is 36.4 Å². The summed E-state index contributed by atoms with van der Waals surface area (Å²) in [7, 11) is 0. The highest BCUT2D eigenvalue weighted by atomic mass is 35.5. The Morgan fingerprint density at radius 2 is 1.96 bits per heavy atom. The van der Waals surface area contributed by atoms with Crippen LogP contribution in [0, 0.1) is 5.82 Å². The van der Waals surface area contributed by atoms with E-state index < -0.39 is 0 Å². The first-order valence-corrected chi connectivity index (χ1v) is 8.33. The van der Waals surface area contributed by atoms with Crippen molar-refractivity contribution in [1.29, 1.82) is 0 Å². The van der Waals surface area contributed by atoms with Crippen LogP contribution >= 0.6 is 35.4 Å². The van der Waals surface area contributed by atoms with Crippen molar-refractivity contribution in [2.75, 3.05) is 10.6 Å². The maximum atomic E-state index is 13.7. The smallest absolute Gasteiger partial charge is 0.248 e. The van der Waals surface area contributed by atoms with Gasteiger partial charge >= 0.3 is 0 Å². The Balaban J connectivity index is 1.63. The van der Waals surface area contributed by atoms with Crippen LogP contribution in [0.3, 0.4) is 0 Å². The Morgan fingerprint density at radius 1 is 1.16 bits per heavy atom. The number of hydrogen-bond acceptors (Lipinski definition) is 3. The van der Waals surface area contributed by atoms with Gasteiger partial charge in [0.2, 0.25) is 5.95 Å². The number of anilines is 2. The first-order chi connectivity index (χ1) is 12.0. The Labute approximate surface area is 158 Å². The summed E-state index contributed by atoms with van der Waals surface area (Å²) in [6.07, 6.45) is 1.49. The fourth-order valence-electron chi connectivity index (χ4n) is 2.08. The molecule has 0 aliphatic carbocycles. The van der Waals surface area contributed by atoms with Crippen LogP contribution in [0.15, 0.2) is 48.8 Å². The van der Waals surface area contributed by atoms with Gasteiger partial charge in [0.15, 0.2) is 5.11 Å². The molecule has 0 radical (unpaired) electrons. The number of benzene rings is 2. The molecule has 1 aromatic heterocycles. The van der Waals surface area contributed by atoms with Crippen molar-refractivity contribution in [1.82, 2.24) is 14.8 Å². The molecule has 1 heterocycles. The third-order valence-corrected chi connectivity index (χ3v) is 3.98. The molecule has 5 nitrogen and oxygen atoms in total. The Kier molecular flexibility index (Phi) is 5.47. The molecule has 0 atom stereocenters. The third kappa shape index (κ3) is 4.66. The van der Waals surface area contributed by atoms with E-state index in [1.807, 2.05) is 0 Å². The summed E-state index contributed by atoms with van der Waals surface area (Å²) in [5, 5.41) is 11.2. The van der Waals surface area contributed by atoms with E-state index in [9.17, 15) is 4.39 Å². The van der Waals surface area contributed by atoms with E-state index >= 15 is 0 Å². The molecule has 0 aliphatic rings. The average molecular weight is 396 g/mol. The van der Waals surface area contributed by atoms with Crippen molar-refractivity contribution in [2.45, 2.75) is 6.54 Å². The lowest BCUT2D eigenvalue weighted by atomic mass is 10.2. The zero-order chi connectivity index (χ0) is 17.8. The standard InChI is InChI=1S/C16H12Cl2FN5S/c17-11-5-6-14(12(18)7-11)21-16(25)22-15-20-9-24(23-15)8-10-3-1-2-4-13(10)19/h1-7,9H,8H2,(H2,21,22,23,25). The minimum Gasteiger partial charge on any atom is -0.331 e. The van der Waals surface area contributed by atoms with Gasteiger partial charge in [0.25, 0.3) is 0 Å². The van der Waals surface area contributed by atoms with E-state index in [2.05, 4.69) is 20.7 Å². The van der Waals surface area contributed by atoms with Crippen molar-refractivity contribution < 1.29 is 4.39 Å².